The van der Waals surface area contributed by atoms with Crippen LogP contribution in [0.4, 0.5) is 0 Å². The van der Waals surface area contributed by atoms with E-state index < -0.39 is 23.1 Å². The maximum atomic E-state index is 10.9. The number of allylic oxidation sites excluding steroid dienone is 1. The van der Waals surface area contributed by atoms with Gasteiger partial charge in [0.05, 0.1) is 0 Å². The second-order valence-corrected chi connectivity index (χ2v) is 8.56. The Balaban J connectivity index is 0.000000613. The number of halogens is 2. The van der Waals surface area contributed by atoms with Crippen LogP contribution in [0.1, 0.15) is 39.8 Å². The zero-order valence-corrected chi connectivity index (χ0v) is 17.1. The molecule has 0 amide bonds. The van der Waals surface area contributed by atoms with Gasteiger partial charge in [0.1, 0.15) is 6.10 Å². The number of aliphatic hydroxyl groups is 1. The van der Waals surface area contributed by atoms with Crippen molar-refractivity contribution >= 4 is 24.7 Å². The molecule has 3 aromatic carbocycles. The molecule has 0 saturated carbocycles. The Bertz CT molecular complexity index is 880. The number of benzene rings is 3. The van der Waals surface area contributed by atoms with E-state index in [1.807, 2.05) is 48.5 Å². The SMILES string of the molecule is OC(c1ccccc1)c1ccccc1C1C=Cc2ccccc21.[Cl][Ti][Cl]. The molecule has 1 nitrogen and oxygen atoms in total. The molecule has 4 heteroatoms. The van der Waals surface area contributed by atoms with Gasteiger partial charge < -0.3 is 5.11 Å². The van der Waals surface area contributed by atoms with Gasteiger partial charge in [-0.25, -0.2) is 0 Å². The second-order valence-electron chi connectivity index (χ2n) is 5.98. The van der Waals surface area contributed by atoms with Crippen molar-refractivity contribution in [3.05, 3.63) is 113 Å². The minimum absolute atomic E-state index is 0.209. The normalized spacial score (nSPS) is 15.6. The summed E-state index contributed by atoms with van der Waals surface area (Å²) in [7, 11) is 9.78. The molecule has 1 N–H and O–H groups in total. The van der Waals surface area contributed by atoms with E-state index in [-0.39, 0.29) is 5.92 Å². The Morgan fingerprint density at radius 1 is 0.769 bits per heavy atom. The Labute approximate surface area is 171 Å². The first kappa shape index (κ1) is 19.4. The molecular formula is C22H18Cl2OTi. The van der Waals surface area contributed by atoms with Crippen molar-refractivity contribution in [1.82, 2.24) is 0 Å². The summed E-state index contributed by atoms with van der Waals surface area (Å²) in [5, 5.41) is 10.9. The Hall–Kier alpha value is -1.35. The molecule has 0 radical (unpaired) electrons. The maximum absolute atomic E-state index is 10.9. The molecular weight excluding hydrogens is 399 g/mol. The molecule has 130 valence electrons. The zero-order valence-electron chi connectivity index (χ0n) is 14.0. The number of fused-ring (bicyclic) bond motifs is 1. The fraction of sp³-hybridized carbons (Fsp3) is 0.0909. The average Bonchev–Trinajstić information content (AvgIpc) is 3.13. The van der Waals surface area contributed by atoms with Crippen molar-refractivity contribution < 1.29 is 22.1 Å². The predicted octanol–water partition coefficient (Wildman–Crippen LogP) is 6.30. The zero-order chi connectivity index (χ0) is 18.4. The third kappa shape index (κ3) is 4.31. The Morgan fingerprint density at radius 2 is 1.35 bits per heavy atom. The summed E-state index contributed by atoms with van der Waals surface area (Å²) in [5.41, 5.74) is 5.65. The summed E-state index contributed by atoms with van der Waals surface area (Å²) >= 11 is -0.556. The van der Waals surface area contributed by atoms with Gasteiger partial charge in [0.25, 0.3) is 0 Å². The molecule has 0 aromatic heterocycles. The third-order valence-electron chi connectivity index (χ3n) is 4.54. The van der Waals surface area contributed by atoms with Crippen LogP contribution in [0, 0.1) is 0 Å². The van der Waals surface area contributed by atoms with Crippen LogP contribution in [-0.4, -0.2) is 5.11 Å². The van der Waals surface area contributed by atoms with Gasteiger partial charge in [-0.05, 0) is 27.8 Å². The fourth-order valence-electron chi connectivity index (χ4n) is 3.38. The van der Waals surface area contributed by atoms with Crippen molar-refractivity contribution in [2.24, 2.45) is 0 Å². The molecule has 1 aliphatic rings. The standard InChI is InChI=1S/C22H18O.2ClH.Ti/c23-22(17-9-2-1-3-10-17)21-13-7-6-12-19(21)20-15-14-16-8-4-5-11-18(16)20;;;/h1-15,20,22-23H;2*1H;/q;;;+2/p-2. The average molecular weight is 417 g/mol. The van der Waals surface area contributed by atoms with E-state index in [0.29, 0.717) is 0 Å². The first-order valence-corrected chi connectivity index (χ1v) is 12.6. The van der Waals surface area contributed by atoms with Crippen LogP contribution in [-0.2, 0) is 17.0 Å². The van der Waals surface area contributed by atoms with Crippen LogP contribution in [0.2, 0.25) is 0 Å². The summed E-state index contributed by atoms with van der Waals surface area (Å²) in [4.78, 5) is 0. The van der Waals surface area contributed by atoms with Gasteiger partial charge >= 0.3 is 35.6 Å². The second kappa shape index (κ2) is 9.55. The van der Waals surface area contributed by atoms with Crippen LogP contribution in [0.25, 0.3) is 6.08 Å². The van der Waals surface area contributed by atoms with Crippen LogP contribution < -0.4 is 0 Å². The van der Waals surface area contributed by atoms with Crippen molar-refractivity contribution in [3.63, 3.8) is 0 Å². The third-order valence-corrected chi connectivity index (χ3v) is 4.54. The van der Waals surface area contributed by atoms with Gasteiger partial charge in [0.2, 0.25) is 0 Å². The van der Waals surface area contributed by atoms with Crippen LogP contribution in [0.3, 0.4) is 0 Å². The van der Waals surface area contributed by atoms with E-state index in [1.165, 1.54) is 16.7 Å². The quantitative estimate of drug-likeness (QED) is 0.496. The number of aliphatic hydroxyl groups excluding tert-OH is 1. The molecule has 0 bridgehead atoms. The summed E-state index contributed by atoms with van der Waals surface area (Å²) in [6, 6.07) is 26.5. The van der Waals surface area contributed by atoms with Crippen molar-refractivity contribution in [3.8, 4) is 0 Å². The molecule has 2 atom stereocenters. The molecule has 26 heavy (non-hydrogen) atoms. The molecule has 2 unspecified atom stereocenters. The molecule has 0 aliphatic heterocycles. The van der Waals surface area contributed by atoms with Gasteiger partial charge in [0, 0.05) is 5.92 Å². The summed E-state index contributed by atoms with van der Waals surface area (Å²) in [6.45, 7) is 0. The van der Waals surface area contributed by atoms with Gasteiger partial charge in [-0.15, -0.1) is 0 Å². The first-order valence-electron chi connectivity index (χ1n) is 8.31. The Kier molecular flexibility index (Phi) is 7.13. The van der Waals surface area contributed by atoms with Crippen LogP contribution >= 0.6 is 18.6 Å². The summed E-state index contributed by atoms with van der Waals surface area (Å²) in [5.74, 6) is 0.209. The molecule has 1 aliphatic carbocycles. The molecule has 0 saturated heterocycles. The summed E-state index contributed by atoms with van der Waals surface area (Å²) in [6.07, 6.45) is 3.79. The van der Waals surface area contributed by atoms with Gasteiger partial charge in [-0.3, -0.25) is 0 Å². The first-order chi connectivity index (χ1) is 12.8. The van der Waals surface area contributed by atoms with Crippen LogP contribution in [0.15, 0.2) is 84.9 Å². The van der Waals surface area contributed by atoms with Gasteiger partial charge in [-0.1, -0.05) is 91.0 Å². The van der Waals surface area contributed by atoms with Crippen LogP contribution in [0.5, 0.6) is 0 Å². The minimum atomic E-state index is -0.603. The number of hydrogen-bond acceptors (Lipinski definition) is 1. The predicted molar refractivity (Wildman–Crippen MR) is 106 cm³/mol. The van der Waals surface area contributed by atoms with E-state index >= 15 is 0 Å². The topological polar surface area (TPSA) is 20.2 Å². The van der Waals surface area contributed by atoms with E-state index in [0.717, 1.165) is 11.1 Å². The fourth-order valence-corrected chi connectivity index (χ4v) is 3.38. The van der Waals surface area contributed by atoms with E-state index in [4.69, 9.17) is 18.6 Å². The van der Waals surface area contributed by atoms with E-state index in [9.17, 15) is 5.11 Å². The van der Waals surface area contributed by atoms with Crippen molar-refractivity contribution in [2.45, 2.75) is 12.0 Å². The van der Waals surface area contributed by atoms with E-state index in [2.05, 4.69) is 42.5 Å². The van der Waals surface area contributed by atoms with Gasteiger partial charge in [0.15, 0.2) is 0 Å². The molecule has 0 fully saturated rings. The monoisotopic (exact) mass is 416 g/mol. The van der Waals surface area contributed by atoms with Gasteiger partial charge in [-0.2, -0.15) is 0 Å². The molecule has 3 aromatic rings. The number of rotatable bonds is 3. The molecule has 0 heterocycles. The summed E-state index contributed by atoms with van der Waals surface area (Å²) < 4.78 is 0. The molecule has 0 spiro atoms. The Morgan fingerprint density at radius 3 is 2.08 bits per heavy atom. The van der Waals surface area contributed by atoms with Crippen molar-refractivity contribution in [2.75, 3.05) is 0 Å². The van der Waals surface area contributed by atoms with E-state index in [1.54, 1.807) is 0 Å². The number of hydrogen-bond donors (Lipinski definition) is 1. The van der Waals surface area contributed by atoms with Crippen molar-refractivity contribution in [1.29, 1.82) is 0 Å². The molecule has 4 rings (SSSR count).